The van der Waals surface area contributed by atoms with Crippen molar-refractivity contribution in [2.24, 2.45) is 0 Å². The molecule has 0 radical (unpaired) electrons. The molecule has 0 unspecified atom stereocenters. The van der Waals surface area contributed by atoms with Gasteiger partial charge < -0.3 is 5.32 Å². The van der Waals surface area contributed by atoms with E-state index in [1.807, 2.05) is 19.1 Å². The molecule has 0 spiro atoms. The highest BCUT2D eigenvalue weighted by Gasteiger charge is 2.05. The first-order valence-electron chi connectivity index (χ1n) is 6.09. The quantitative estimate of drug-likeness (QED) is 0.862. The second-order valence-corrected chi connectivity index (χ2v) is 4.12. The Balaban J connectivity index is 2.15. The van der Waals surface area contributed by atoms with Crippen LogP contribution in [0.4, 0.5) is 5.82 Å². The van der Waals surface area contributed by atoms with Crippen LogP contribution in [0.1, 0.15) is 30.7 Å². The van der Waals surface area contributed by atoms with Gasteiger partial charge in [0.1, 0.15) is 24.8 Å². The van der Waals surface area contributed by atoms with Crippen LogP contribution in [0, 0.1) is 18.3 Å². The molecule has 2 aromatic heterocycles. The Morgan fingerprint density at radius 1 is 1.42 bits per heavy atom. The van der Waals surface area contributed by atoms with Gasteiger partial charge in [0, 0.05) is 18.3 Å². The first-order chi connectivity index (χ1) is 9.21. The van der Waals surface area contributed by atoms with E-state index in [0.717, 1.165) is 24.5 Å². The van der Waals surface area contributed by atoms with Gasteiger partial charge in [0.05, 0.1) is 0 Å². The fraction of sp³-hybridized carbons (Fsp3) is 0.417. The van der Waals surface area contributed by atoms with Gasteiger partial charge in [0.2, 0.25) is 0 Å². The Hall–Kier alpha value is -2.49. The molecule has 98 valence electrons. The molecule has 0 amide bonds. The van der Waals surface area contributed by atoms with Gasteiger partial charge in [-0.1, -0.05) is 6.92 Å². The Morgan fingerprint density at radius 3 is 2.95 bits per heavy atom. The topological polar surface area (TPSA) is 92.3 Å². The van der Waals surface area contributed by atoms with E-state index in [9.17, 15) is 0 Å². The van der Waals surface area contributed by atoms with Gasteiger partial charge in [-0.05, 0) is 13.3 Å². The number of nitrogens with zero attached hydrogens (tertiary/aromatic N) is 6. The third-order valence-corrected chi connectivity index (χ3v) is 2.40. The van der Waals surface area contributed by atoms with Gasteiger partial charge >= 0.3 is 0 Å². The van der Waals surface area contributed by atoms with Crippen molar-refractivity contribution >= 4 is 5.82 Å². The lowest BCUT2D eigenvalue weighted by Gasteiger charge is -2.07. The molecule has 2 rings (SSSR count). The van der Waals surface area contributed by atoms with Crippen LogP contribution in [0.5, 0.6) is 0 Å². The molecule has 0 aliphatic heterocycles. The molecule has 0 aliphatic carbocycles. The third kappa shape index (κ3) is 3.48. The summed E-state index contributed by atoms with van der Waals surface area (Å²) in [4.78, 5) is 12.6. The molecule has 0 aromatic carbocycles. The molecule has 0 bridgehead atoms. The molecule has 7 nitrogen and oxygen atoms in total. The maximum absolute atomic E-state index is 8.67. The minimum Gasteiger partial charge on any atom is -0.370 e. The van der Waals surface area contributed by atoms with E-state index in [2.05, 4.69) is 32.3 Å². The Labute approximate surface area is 111 Å². The van der Waals surface area contributed by atoms with Crippen molar-refractivity contribution in [1.29, 1.82) is 5.26 Å². The van der Waals surface area contributed by atoms with E-state index in [1.165, 1.54) is 6.33 Å². The first kappa shape index (κ1) is 13.0. The van der Waals surface area contributed by atoms with Crippen LogP contribution in [0.3, 0.4) is 0 Å². The van der Waals surface area contributed by atoms with Crippen molar-refractivity contribution in [2.75, 3.05) is 11.9 Å². The summed E-state index contributed by atoms with van der Waals surface area (Å²) in [5.74, 6) is 1.61. The van der Waals surface area contributed by atoms with Crippen molar-refractivity contribution in [3.63, 3.8) is 0 Å². The van der Waals surface area contributed by atoms with Crippen LogP contribution >= 0.6 is 0 Å². The zero-order valence-electron chi connectivity index (χ0n) is 11.0. The molecule has 2 aromatic rings. The van der Waals surface area contributed by atoms with Crippen LogP contribution in [-0.4, -0.2) is 31.3 Å². The Kier molecular flexibility index (Phi) is 4.03. The van der Waals surface area contributed by atoms with Gasteiger partial charge in [-0.25, -0.2) is 19.6 Å². The van der Waals surface area contributed by atoms with Gasteiger partial charge in [0.15, 0.2) is 5.82 Å². The van der Waals surface area contributed by atoms with Crippen molar-refractivity contribution in [2.45, 2.75) is 26.8 Å². The van der Waals surface area contributed by atoms with Gasteiger partial charge in [-0.3, -0.25) is 0 Å². The summed E-state index contributed by atoms with van der Waals surface area (Å²) >= 11 is 0. The van der Waals surface area contributed by atoms with Crippen molar-refractivity contribution < 1.29 is 0 Å². The van der Waals surface area contributed by atoms with E-state index < -0.39 is 0 Å². The molecule has 0 aliphatic rings. The lowest BCUT2D eigenvalue weighted by Crippen LogP contribution is -2.09. The summed E-state index contributed by atoms with van der Waals surface area (Å²) < 4.78 is 1.55. The highest BCUT2D eigenvalue weighted by molar-refractivity contribution is 5.35. The predicted molar refractivity (Wildman–Crippen MR) is 69.4 cm³/mol. The summed E-state index contributed by atoms with van der Waals surface area (Å²) in [6.07, 6.45) is 2.54. The average molecular weight is 257 g/mol. The van der Waals surface area contributed by atoms with E-state index in [1.54, 1.807) is 4.68 Å². The number of nitriles is 1. The SMILES string of the molecule is CCCNc1cc(C)nc(Cn2cnc(C#N)n2)n1. The minimum atomic E-state index is 0.150. The van der Waals surface area contributed by atoms with Gasteiger partial charge in [-0.15, -0.1) is 5.10 Å². The average Bonchev–Trinajstić information content (AvgIpc) is 2.83. The van der Waals surface area contributed by atoms with Crippen molar-refractivity contribution in [3.8, 4) is 6.07 Å². The van der Waals surface area contributed by atoms with E-state index in [-0.39, 0.29) is 5.82 Å². The normalized spacial score (nSPS) is 10.2. The molecule has 0 saturated heterocycles. The number of anilines is 1. The summed E-state index contributed by atoms with van der Waals surface area (Å²) in [7, 11) is 0. The van der Waals surface area contributed by atoms with Crippen LogP contribution in [0.25, 0.3) is 0 Å². The van der Waals surface area contributed by atoms with Crippen molar-refractivity contribution in [1.82, 2.24) is 24.7 Å². The number of rotatable bonds is 5. The molecule has 0 fully saturated rings. The van der Waals surface area contributed by atoms with Gasteiger partial charge in [0.25, 0.3) is 5.82 Å². The molecule has 2 heterocycles. The molecule has 19 heavy (non-hydrogen) atoms. The third-order valence-electron chi connectivity index (χ3n) is 2.40. The zero-order chi connectivity index (χ0) is 13.7. The monoisotopic (exact) mass is 257 g/mol. The van der Waals surface area contributed by atoms with E-state index >= 15 is 0 Å². The summed E-state index contributed by atoms with van der Waals surface area (Å²) in [5.41, 5.74) is 0.893. The smallest absolute Gasteiger partial charge is 0.252 e. The van der Waals surface area contributed by atoms with E-state index in [0.29, 0.717) is 12.4 Å². The van der Waals surface area contributed by atoms with E-state index in [4.69, 9.17) is 5.26 Å². The number of nitrogens with one attached hydrogen (secondary N) is 1. The highest BCUT2D eigenvalue weighted by atomic mass is 15.3. The number of hydrogen-bond donors (Lipinski definition) is 1. The fourth-order valence-electron chi connectivity index (χ4n) is 1.61. The molecule has 0 saturated carbocycles. The van der Waals surface area contributed by atoms with Crippen molar-refractivity contribution in [3.05, 3.63) is 29.7 Å². The number of hydrogen-bond acceptors (Lipinski definition) is 6. The summed E-state index contributed by atoms with van der Waals surface area (Å²) in [6, 6.07) is 3.79. The molecular weight excluding hydrogens is 242 g/mol. The maximum Gasteiger partial charge on any atom is 0.252 e. The first-order valence-corrected chi connectivity index (χ1v) is 6.09. The van der Waals surface area contributed by atoms with Crippen LogP contribution < -0.4 is 5.32 Å². The van der Waals surface area contributed by atoms with Crippen LogP contribution in [0.15, 0.2) is 12.4 Å². The molecule has 7 heteroatoms. The molecule has 1 N–H and O–H groups in total. The molecule has 0 atom stereocenters. The van der Waals surface area contributed by atoms with Gasteiger partial charge in [-0.2, -0.15) is 5.26 Å². The lowest BCUT2D eigenvalue weighted by molar-refractivity contribution is 0.649. The Morgan fingerprint density at radius 2 is 2.26 bits per heavy atom. The second-order valence-electron chi connectivity index (χ2n) is 4.12. The summed E-state index contributed by atoms with van der Waals surface area (Å²) in [6.45, 7) is 5.29. The zero-order valence-corrected chi connectivity index (χ0v) is 11.0. The number of aromatic nitrogens is 5. The van der Waals surface area contributed by atoms with Crippen LogP contribution in [0.2, 0.25) is 0 Å². The molecular formula is C12H15N7. The largest absolute Gasteiger partial charge is 0.370 e. The maximum atomic E-state index is 8.67. The second kappa shape index (κ2) is 5.91. The summed E-state index contributed by atoms with van der Waals surface area (Å²) in [5, 5.41) is 15.9. The standard InChI is InChI=1S/C12H15N7/c1-3-4-14-10-5-9(2)16-12(17-10)7-19-8-15-11(6-13)18-19/h5,8H,3-4,7H2,1-2H3,(H,14,16,17). The minimum absolute atomic E-state index is 0.150. The highest BCUT2D eigenvalue weighted by Crippen LogP contribution is 2.07. The number of aryl methyl sites for hydroxylation is 1. The predicted octanol–water partition coefficient (Wildman–Crippen LogP) is 1.12. The Bertz CT molecular complexity index is 596. The fourth-order valence-corrected chi connectivity index (χ4v) is 1.61. The van der Waals surface area contributed by atoms with Crippen LogP contribution in [-0.2, 0) is 6.54 Å². The lowest BCUT2D eigenvalue weighted by atomic mass is 10.4.